The first-order valence-electron chi connectivity index (χ1n) is 10.1. The van der Waals surface area contributed by atoms with Crippen molar-refractivity contribution < 1.29 is 34.4 Å². The summed E-state index contributed by atoms with van der Waals surface area (Å²) in [4.78, 5) is 48.0. The number of β-lactam (4-membered cyclic amide) rings is 1. The van der Waals surface area contributed by atoms with E-state index in [0.29, 0.717) is 18.5 Å². The molecule has 13 heteroatoms. The third-order valence-corrected chi connectivity index (χ3v) is 6.49. The fraction of sp³-hybridized carbons (Fsp3) is 0.333. The van der Waals surface area contributed by atoms with Crippen molar-refractivity contribution in [1.29, 1.82) is 0 Å². The number of aromatic nitrogens is 2. The zero-order valence-electron chi connectivity index (χ0n) is 18.7. The number of rotatable bonds is 6. The lowest BCUT2D eigenvalue weighted by Crippen LogP contribution is -2.72. The molecule has 1 unspecified atom stereocenters. The standard InChI is InChI=1S/C21H22N6O5S.H2O/c1-10-6-7-26(8-11(10)2)14-5-4-13-16(19(29)27(13)17(14)20(30)31)24-18(28)15(25-32-3)12-9-33-21(22)23-12;/h6-9,13,16H,4-5H2,1-3H3,(H3-,22,23,24,28,30,31);1H2/b25-15-;/t13?,16-;/m1./s1. The van der Waals surface area contributed by atoms with Gasteiger partial charge < -0.3 is 26.5 Å². The van der Waals surface area contributed by atoms with Gasteiger partial charge in [0.2, 0.25) is 5.70 Å². The first-order valence-corrected chi connectivity index (χ1v) is 11.0. The second-order valence-corrected chi connectivity index (χ2v) is 8.67. The summed E-state index contributed by atoms with van der Waals surface area (Å²) in [6.07, 6.45) is 4.56. The van der Waals surface area contributed by atoms with Crippen molar-refractivity contribution in [3.8, 4) is 0 Å². The van der Waals surface area contributed by atoms with E-state index in [9.17, 15) is 19.5 Å². The topological polar surface area (TPSA) is 181 Å². The predicted molar refractivity (Wildman–Crippen MR) is 121 cm³/mol. The van der Waals surface area contributed by atoms with Gasteiger partial charge in [0.15, 0.2) is 28.9 Å². The summed E-state index contributed by atoms with van der Waals surface area (Å²) in [5, 5.41) is 18.1. The second kappa shape index (κ2) is 9.57. The van der Waals surface area contributed by atoms with Crippen LogP contribution in [0, 0.1) is 13.8 Å². The van der Waals surface area contributed by atoms with Gasteiger partial charge >= 0.3 is 5.97 Å². The van der Waals surface area contributed by atoms with Gasteiger partial charge in [-0.2, -0.15) is 4.57 Å². The highest BCUT2D eigenvalue weighted by Crippen LogP contribution is 2.37. The smallest absolute Gasteiger partial charge is 0.359 e. The Balaban J connectivity index is 0.00000324. The Bertz CT molecular complexity index is 1220. The normalized spacial score (nSPS) is 19.7. The molecule has 1 saturated heterocycles. The lowest BCUT2D eigenvalue weighted by molar-refractivity contribution is -0.585. The number of fused-ring (bicyclic) bond motifs is 1. The van der Waals surface area contributed by atoms with Gasteiger partial charge in [-0.05, 0) is 25.8 Å². The maximum Gasteiger partial charge on any atom is 0.359 e. The van der Waals surface area contributed by atoms with E-state index in [-0.39, 0.29) is 27.7 Å². The molecule has 5 N–H and O–H groups in total. The van der Waals surface area contributed by atoms with Crippen LogP contribution in [0.2, 0.25) is 0 Å². The number of nitrogens with two attached hydrogens (primary N) is 1. The third kappa shape index (κ3) is 4.22. The van der Waals surface area contributed by atoms with E-state index in [4.69, 9.17) is 10.6 Å². The molecule has 180 valence electrons. The largest absolute Gasteiger partial charge is 0.870 e. The van der Waals surface area contributed by atoms with Crippen molar-refractivity contribution in [3.63, 3.8) is 0 Å². The minimum Gasteiger partial charge on any atom is -0.870 e. The molecule has 0 saturated carbocycles. The zero-order chi connectivity index (χ0) is 23.9. The van der Waals surface area contributed by atoms with Crippen molar-refractivity contribution in [2.24, 2.45) is 5.16 Å². The van der Waals surface area contributed by atoms with Crippen molar-refractivity contribution >= 4 is 45.7 Å². The number of aryl methyl sites for hydroxylation is 2. The average Bonchev–Trinajstić information content (AvgIpc) is 3.22. The molecule has 34 heavy (non-hydrogen) atoms. The summed E-state index contributed by atoms with van der Waals surface area (Å²) in [5.74, 6) is -2.35. The van der Waals surface area contributed by atoms with Crippen molar-refractivity contribution in [1.82, 2.24) is 15.2 Å². The molecule has 0 radical (unpaired) electrons. The number of carboxylic acid groups (broad SMARTS) is 1. The number of allylic oxidation sites excluding steroid dienone is 1. The van der Waals surface area contributed by atoms with Crippen LogP contribution in [0.4, 0.5) is 5.13 Å². The molecule has 0 spiro atoms. The van der Waals surface area contributed by atoms with Crippen molar-refractivity contribution in [2.45, 2.75) is 38.8 Å². The number of nitrogens with zero attached hydrogens (tertiary/aromatic N) is 4. The van der Waals surface area contributed by atoms with Crippen LogP contribution in [0.1, 0.15) is 29.7 Å². The van der Waals surface area contributed by atoms with E-state index in [0.717, 1.165) is 22.5 Å². The summed E-state index contributed by atoms with van der Waals surface area (Å²) >= 11 is 1.14. The van der Waals surface area contributed by atoms with Crippen LogP contribution >= 0.6 is 11.3 Å². The summed E-state index contributed by atoms with van der Waals surface area (Å²) < 4.78 is 1.75. The van der Waals surface area contributed by atoms with Crippen LogP contribution in [0.5, 0.6) is 0 Å². The van der Waals surface area contributed by atoms with Crippen LogP contribution in [0.25, 0.3) is 5.70 Å². The molecular formula is C21H24N6O6S. The SMILES string of the molecule is CO/N=C(\C(=O)N[C@H]1C(=O)N2C(C(=O)O)=C([n+]3ccc(C)c(C)c3)CCC12)c1csc(N)n1.[OH-]. The minimum absolute atomic E-state index is 0. The summed E-state index contributed by atoms with van der Waals surface area (Å²) in [7, 11) is 1.29. The Morgan fingerprint density at radius 1 is 1.38 bits per heavy atom. The molecule has 12 nitrogen and oxygen atoms in total. The number of anilines is 1. The minimum atomic E-state index is -1.20. The molecule has 2 aliphatic heterocycles. The molecular weight excluding hydrogens is 464 g/mol. The molecule has 2 aromatic heterocycles. The number of carbonyl (C=O) groups excluding carboxylic acids is 2. The molecule has 0 aromatic carbocycles. The fourth-order valence-electron chi connectivity index (χ4n) is 4.04. The molecule has 0 bridgehead atoms. The number of nitrogen functional groups attached to an aromatic ring is 1. The maximum atomic E-state index is 13.0. The van der Waals surface area contributed by atoms with Crippen LogP contribution in [-0.2, 0) is 19.2 Å². The van der Waals surface area contributed by atoms with Crippen LogP contribution < -0.4 is 15.6 Å². The number of thiazole rings is 1. The number of hydrogen-bond donors (Lipinski definition) is 3. The second-order valence-electron chi connectivity index (χ2n) is 7.78. The van der Waals surface area contributed by atoms with Gasteiger partial charge in [0.25, 0.3) is 11.8 Å². The Morgan fingerprint density at radius 2 is 2.12 bits per heavy atom. The molecule has 2 atom stereocenters. The molecule has 1 fully saturated rings. The Morgan fingerprint density at radius 3 is 2.71 bits per heavy atom. The summed E-state index contributed by atoms with van der Waals surface area (Å²) in [6.45, 7) is 3.91. The number of amides is 2. The van der Waals surface area contributed by atoms with Crippen molar-refractivity contribution in [3.05, 3.63) is 46.4 Å². The number of carbonyl (C=O) groups is 3. The molecule has 4 heterocycles. The van der Waals surface area contributed by atoms with Crippen LogP contribution in [-0.4, -0.2) is 63.2 Å². The quantitative estimate of drug-likeness (QED) is 0.224. The highest BCUT2D eigenvalue weighted by Gasteiger charge is 2.55. The number of oxime groups is 1. The fourth-order valence-corrected chi connectivity index (χ4v) is 4.59. The highest BCUT2D eigenvalue weighted by atomic mass is 32.1. The third-order valence-electron chi connectivity index (χ3n) is 5.81. The number of pyridine rings is 1. The number of nitrogens with one attached hydrogen (secondary N) is 1. The Hall–Kier alpha value is -3.84. The predicted octanol–water partition coefficient (Wildman–Crippen LogP) is 0.246. The van der Waals surface area contributed by atoms with Crippen LogP contribution in [0.15, 0.2) is 34.7 Å². The van der Waals surface area contributed by atoms with Crippen molar-refractivity contribution in [2.75, 3.05) is 12.8 Å². The van der Waals surface area contributed by atoms with Gasteiger partial charge in [0.05, 0.1) is 6.04 Å². The van der Waals surface area contributed by atoms with Gasteiger partial charge in [0, 0.05) is 23.4 Å². The van der Waals surface area contributed by atoms with Gasteiger partial charge in [-0.25, -0.2) is 9.78 Å². The van der Waals surface area contributed by atoms with Gasteiger partial charge in [-0.3, -0.25) is 14.5 Å². The lowest BCUT2D eigenvalue weighted by atomic mass is 9.85. The van der Waals surface area contributed by atoms with E-state index in [1.54, 1.807) is 16.1 Å². The maximum absolute atomic E-state index is 13.0. The molecule has 2 aliphatic rings. The summed E-state index contributed by atoms with van der Waals surface area (Å²) in [6, 6.07) is 0.542. The highest BCUT2D eigenvalue weighted by molar-refractivity contribution is 7.13. The molecule has 2 aromatic rings. The first-order chi connectivity index (χ1) is 15.7. The Kier molecular flexibility index (Phi) is 6.98. The van der Waals surface area contributed by atoms with E-state index < -0.39 is 29.9 Å². The molecule has 2 amide bonds. The number of hydrogen-bond acceptors (Lipinski definition) is 9. The lowest BCUT2D eigenvalue weighted by Gasteiger charge is -2.48. The van der Waals surface area contributed by atoms with E-state index >= 15 is 0 Å². The summed E-state index contributed by atoms with van der Waals surface area (Å²) in [5.41, 5.74) is 8.28. The van der Waals surface area contributed by atoms with E-state index in [1.165, 1.54) is 12.0 Å². The molecule has 0 aliphatic carbocycles. The van der Waals surface area contributed by atoms with E-state index in [2.05, 4.69) is 15.5 Å². The average molecular weight is 489 g/mol. The van der Waals surface area contributed by atoms with Gasteiger partial charge in [0.1, 0.15) is 18.8 Å². The Labute approximate surface area is 198 Å². The van der Waals surface area contributed by atoms with Gasteiger partial charge in [-0.1, -0.05) is 5.16 Å². The first kappa shape index (κ1) is 24.8. The van der Waals surface area contributed by atoms with Gasteiger partial charge in [-0.15, -0.1) is 11.3 Å². The molecule has 4 rings (SSSR count). The number of carboxylic acids is 1. The van der Waals surface area contributed by atoms with Crippen LogP contribution in [0.3, 0.4) is 0 Å². The van der Waals surface area contributed by atoms with E-state index in [1.807, 2.05) is 26.1 Å². The monoisotopic (exact) mass is 488 g/mol. The zero-order valence-corrected chi connectivity index (χ0v) is 19.5. The number of aliphatic carboxylic acids is 1.